The van der Waals surface area contributed by atoms with Gasteiger partial charge in [0.2, 0.25) is 0 Å². The number of hydrogen-bond donors (Lipinski definition) is 0. The maximum atomic E-state index is 5.36. The lowest BCUT2D eigenvalue weighted by atomic mass is 9.94. The molecular weight excluding hydrogens is 498 g/mol. The third-order valence-electron chi connectivity index (χ3n) is 7.85. The summed E-state index contributed by atoms with van der Waals surface area (Å²) in [4.78, 5) is 4.71. The molecule has 0 saturated heterocycles. The second kappa shape index (κ2) is 9.58. The number of nitrogens with zero attached hydrogens (tertiary/aromatic N) is 3. The largest absolute Gasteiger partial charge is 0.255 e. The highest BCUT2D eigenvalue weighted by molar-refractivity contribution is 6.08. The SMILES string of the molecule is c1ccc(-c2c(-c3cccc(-c4cccc5ccccc45)c3)nn3c(-c4ccccn4)cc4ccccc4c23)cc1. The summed E-state index contributed by atoms with van der Waals surface area (Å²) in [5.74, 6) is 0. The van der Waals surface area contributed by atoms with Crippen molar-refractivity contribution < 1.29 is 0 Å². The maximum Gasteiger partial charge on any atom is 0.101 e. The summed E-state index contributed by atoms with van der Waals surface area (Å²) in [6, 6.07) is 51.2. The summed E-state index contributed by atoms with van der Waals surface area (Å²) >= 11 is 0. The molecule has 3 heteroatoms. The molecule has 3 heterocycles. The van der Waals surface area contributed by atoms with Crippen molar-refractivity contribution in [1.82, 2.24) is 14.6 Å². The number of rotatable bonds is 4. The molecule has 5 aromatic carbocycles. The van der Waals surface area contributed by atoms with Crippen molar-refractivity contribution in [2.24, 2.45) is 0 Å². The smallest absolute Gasteiger partial charge is 0.101 e. The first kappa shape index (κ1) is 23.4. The Morgan fingerprint density at radius 3 is 2.02 bits per heavy atom. The minimum atomic E-state index is 0.890. The van der Waals surface area contributed by atoms with Crippen LogP contribution in [0, 0.1) is 0 Å². The molecule has 3 nitrogen and oxygen atoms in total. The third kappa shape index (κ3) is 3.90. The summed E-state index contributed by atoms with van der Waals surface area (Å²) in [5, 5.41) is 10.2. The Morgan fingerprint density at radius 1 is 0.488 bits per heavy atom. The zero-order valence-electron chi connectivity index (χ0n) is 22.3. The third-order valence-corrected chi connectivity index (χ3v) is 7.85. The molecule has 8 rings (SSSR count). The van der Waals surface area contributed by atoms with Crippen LogP contribution in [0.5, 0.6) is 0 Å². The van der Waals surface area contributed by atoms with E-state index >= 15 is 0 Å². The fourth-order valence-electron chi connectivity index (χ4n) is 5.98. The Kier molecular flexibility index (Phi) is 5.46. The minimum absolute atomic E-state index is 0.890. The summed E-state index contributed by atoms with van der Waals surface area (Å²) in [6.45, 7) is 0. The van der Waals surface area contributed by atoms with Gasteiger partial charge in [0.1, 0.15) is 5.69 Å². The van der Waals surface area contributed by atoms with E-state index in [-0.39, 0.29) is 0 Å². The van der Waals surface area contributed by atoms with Gasteiger partial charge in [0.05, 0.1) is 16.9 Å². The molecule has 0 amide bonds. The van der Waals surface area contributed by atoms with Gasteiger partial charge in [-0.05, 0) is 57.1 Å². The van der Waals surface area contributed by atoms with E-state index in [1.165, 1.54) is 21.9 Å². The molecule has 0 unspecified atom stereocenters. The van der Waals surface area contributed by atoms with Gasteiger partial charge in [0.25, 0.3) is 0 Å². The van der Waals surface area contributed by atoms with Gasteiger partial charge in [-0.2, -0.15) is 5.10 Å². The molecule has 0 radical (unpaired) electrons. The molecule has 3 aromatic heterocycles. The van der Waals surface area contributed by atoms with Crippen LogP contribution >= 0.6 is 0 Å². The highest BCUT2D eigenvalue weighted by Crippen LogP contribution is 2.41. The van der Waals surface area contributed by atoms with Gasteiger partial charge in [-0.1, -0.05) is 121 Å². The number of hydrogen-bond acceptors (Lipinski definition) is 2. The molecule has 0 aliphatic rings. The van der Waals surface area contributed by atoms with Gasteiger partial charge in [-0.15, -0.1) is 0 Å². The Hall–Kier alpha value is -5.54. The predicted molar refractivity (Wildman–Crippen MR) is 170 cm³/mol. The summed E-state index contributed by atoms with van der Waals surface area (Å²) in [6.07, 6.45) is 1.84. The number of pyridine rings is 2. The van der Waals surface area contributed by atoms with Crippen molar-refractivity contribution in [1.29, 1.82) is 0 Å². The molecule has 0 saturated carbocycles. The average molecular weight is 524 g/mol. The van der Waals surface area contributed by atoms with E-state index in [1.54, 1.807) is 0 Å². The van der Waals surface area contributed by atoms with E-state index in [1.807, 2.05) is 24.4 Å². The highest BCUT2D eigenvalue weighted by atomic mass is 15.2. The summed E-state index contributed by atoms with van der Waals surface area (Å²) < 4.78 is 2.09. The van der Waals surface area contributed by atoms with Gasteiger partial charge in [-0.3, -0.25) is 4.98 Å². The van der Waals surface area contributed by atoms with Crippen LogP contribution < -0.4 is 0 Å². The first-order valence-corrected chi connectivity index (χ1v) is 13.8. The standard InChI is InChI=1S/C38H25N3/c1-2-13-27(14-3-1)36-37(30-18-10-17-28(24-30)32-21-11-16-26-12-4-6-19-31(26)32)40-41-35(34-22-8-9-23-39-34)25-29-15-5-7-20-33(29)38(36)41/h1-25H. The highest BCUT2D eigenvalue weighted by Gasteiger charge is 2.22. The molecule has 0 fully saturated rings. The van der Waals surface area contributed by atoms with Crippen molar-refractivity contribution in [2.45, 2.75) is 0 Å². The molecule has 8 aromatic rings. The minimum Gasteiger partial charge on any atom is -0.255 e. The lowest BCUT2D eigenvalue weighted by molar-refractivity contribution is 0.972. The molecule has 0 bridgehead atoms. The quantitative estimate of drug-likeness (QED) is 0.230. The van der Waals surface area contributed by atoms with E-state index < -0.39 is 0 Å². The van der Waals surface area contributed by atoms with Crippen molar-refractivity contribution >= 4 is 27.1 Å². The Morgan fingerprint density at radius 2 is 1.17 bits per heavy atom. The Balaban J connectivity index is 1.46. The van der Waals surface area contributed by atoms with Gasteiger partial charge in [0.15, 0.2) is 0 Å². The summed E-state index contributed by atoms with van der Waals surface area (Å²) in [7, 11) is 0. The monoisotopic (exact) mass is 523 g/mol. The molecule has 192 valence electrons. The van der Waals surface area contributed by atoms with Gasteiger partial charge in [0, 0.05) is 22.7 Å². The van der Waals surface area contributed by atoms with Crippen LogP contribution in [-0.2, 0) is 0 Å². The van der Waals surface area contributed by atoms with Gasteiger partial charge >= 0.3 is 0 Å². The van der Waals surface area contributed by atoms with E-state index in [0.29, 0.717) is 0 Å². The van der Waals surface area contributed by atoms with Crippen LogP contribution in [-0.4, -0.2) is 14.6 Å². The first-order chi connectivity index (χ1) is 20.3. The zero-order chi connectivity index (χ0) is 27.2. The topological polar surface area (TPSA) is 30.2 Å². The van der Waals surface area contributed by atoms with Crippen molar-refractivity contribution in [2.75, 3.05) is 0 Å². The molecule has 0 N–H and O–H groups in total. The molecule has 0 aliphatic heterocycles. The van der Waals surface area contributed by atoms with E-state index in [9.17, 15) is 0 Å². The molecule has 0 aliphatic carbocycles. The fraction of sp³-hybridized carbons (Fsp3) is 0. The lowest BCUT2D eigenvalue weighted by Gasteiger charge is -2.10. The molecular formula is C38H25N3. The van der Waals surface area contributed by atoms with Crippen LogP contribution in [0.1, 0.15) is 0 Å². The van der Waals surface area contributed by atoms with E-state index in [0.717, 1.165) is 50.1 Å². The number of aromatic nitrogens is 3. The molecule has 0 atom stereocenters. The Bertz CT molecular complexity index is 2190. The zero-order valence-corrected chi connectivity index (χ0v) is 22.3. The van der Waals surface area contributed by atoms with Crippen LogP contribution in [0.3, 0.4) is 0 Å². The Labute approximate surface area is 238 Å². The van der Waals surface area contributed by atoms with Gasteiger partial charge in [-0.25, -0.2) is 4.52 Å². The number of benzene rings is 5. The normalized spacial score (nSPS) is 11.4. The lowest BCUT2D eigenvalue weighted by Crippen LogP contribution is -1.97. The van der Waals surface area contributed by atoms with Crippen molar-refractivity contribution in [3.63, 3.8) is 0 Å². The van der Waals surface area contributed by atoms with Crippen molar-refractivity contribution in [3.05, 3.63) is 152 Å². The second-order valence-electron chi connectivity index (χ2n) is 10.3. The first-order valence-electron chi connectivity index (χ1n) is 13.8. The van der Waals surface area contributed by atoms with Crippen molar-refractivity contribution in [3.8, 4) is 44.9 Å². The van der Waals surface area contributed by atoms with E-state index in [2.05, 4.69) is 132 Å². The molecule has 0 spiro atoms. The molecule has 41 heavy (non-hydrogen) atoms. The predicted octanol–water partition coefficient (Wildman–Crippen LogP) is 9.70. The van der Waals surface area contributed by atoms with Crippen LogP contribution in [0.2, 0.25) is 0 Å². The summed E-state index contributed by atoms with van der Waals surface area (Å²) in [5.41, 5.74) is 9.61. The number of fused-ring (bicyclic) bond motifs is 4. The maximum absolute atomic E-state index is 5.36. The fourth-order valence-corrected chi connectivity index (χ4v) is 5.98. The van der Waals surface area contributed by atoms with Crippen LogP contribution in [0.25, 0.3) is 72.0 Å². The van der Waals surface area contributed by atoms with Crippen LogP contribution in [0.15, 0.2) is 152 Å². The average Bonchev–Trinajstić information content (AvgIpc) is 3.46. The van der Waals surface area contributed by atoms with Gasteiger partial charge < -0.3 is 0 Å². The second-order valence-corrected chi connectivity index (χ2v) is 10.3. The van der Waals surface area contributed by atoms with E-state index in [4.69, 9.17) is 10.1 Å². The van der Waals surface area contributed by atoms with Crippen LogP contribution in [0.4, 0.5) is 0 Å².